The van der Waals surface area contributed by atoms with Crippen molar-refractivity contribution in [2.75, 3.05) is 11.9 Å². The van der Waals surface area contributed by atoms with Crippen LogP contribution in [0.5, 0.6) is 0 Å². The molecule has 21 heavy (non-hydrogen) atoms. The lowest BCUT2D eigenvalue weighted by atomic mass is 9.64. The van der Waals surface area contributed by atoms with E-state index in [1.54, 1.807) is 12.4 Å². The maximum Gasteiger partial charge on any atom is 0.320 e. The van der Waals surface area contributed by atoms with E-state index in [1.807, 2.05) is 6.07 Å². The molecule has 2 N–H and O–H groups in total. The molecule has 1 heterocycles. The third kappa shape index (κ3) is 3.02. The van der Waals surface area contributed by atoms with Gasteiger partial charge in [0.25, 0.3) is 0 Å². The minimum Gasteiger partial charge on any atom is -0.337 e. The topological polar surface area (TPSA) is 66.9 Å². The number of nitrogens with one attached hydrogen (secondary N) is 2. The summed E-state index contributed by atoms with van der Waals surface area (Å²) in [6.45, 7) is 0.642. The Bertz CT molecular complexity index is 596. The molecule has 0 saturated heterocycles. The predicted molar refractivity (Wildman–Crippen MR) is 81.0 cm³/mol. The average molecular weight is 282 g/mol. The second-order valence-electron chi connectivity index (χ2n) is 5.40. The molecule has 2 amide bonds. The van der Waals surface area contributed by atoms with Gasteiger partial charge in [0.1, 0.15) is 0 Å². The third-order valence-corrected chi connectivity index (χ3v) is 4.09. The lowest BCUT2D eigenvalue weighted by molar-refractivity contribution is 0.222. The number of anilines is 1. The van der Waals surface area contributed by atoms with Gasteiger partial charge in [0, 0.05) is 24.4 Å². The Morgan fingerprint density at radius 1 is 1.19 bits per heavy atom. The molecule has 3 rings (SSSR count). The van der Waals surface area contributed by atoms with Gasteiger partial charge in [-0.15, -0.1) is 0 Å². The van der Waals surface area contributed by atoms with Gasteiger partial charge in [-0.3, -0.25) is 10.3 Å². The van der Waals surface area contributed by atoms with Gasteiger partial charge in [-0.2, -0.15) is 0 Å². The molecule has 5 nitrogen and oxygen atoms in total. The Morgan fingerprint density at radius 3 is 2.62 bits per heavy atom. The number of carbonyl (C=O) groups is 1. The van der Waals surface area contributed by atoms with E-state index >= 15 is 0 Å². The summed E-state index contributed by atoms with van der Waals surface area (Å²) in [4.78, 5) is 19.9. The Morgan fingerprint density at radius 2 is 2.00 bits per heavy atom. The van der Waals surface area contributed by atoms with E-state index in [9.17, 15) is 4.79 Å². The number of hydrogen-bond acceptors (Lipinski definition) is 3. The number of carbonyl (C=O) groups excluding carboxylic acids is 1. The van der Waals surface area contributed by atoms with E-state index in [4.69, 9.17) is 0 Å². The van der Waals surface area contributed by atoms with Crippen molar-refractivity contribution in [1.29, 1.82) is 0 Å². The molecular formula is C16H18N4O. The molecular weight excluding hydrogens is 264 g/mol. The summed E-state index contributed by atoms with van der Waals surface area (Å²) in [6, 6.07) is 10.2. The highest BCUT2D eigenvalue weighted by atomic mass is 16.2. The van der Waals surface area contributed by atoms with Crippen LogP contribution in [0.3, 0.4) is 0 Å². The Labute approximate surface area is 123 Å². The molecule has 0 unspecified atom stereocenters. The van der Waals surface area contributed by atoms with E-state index in [0.717, 1.165) is 12.8 Å². The Balaban J connectivity index is 1.60. The van der Waals surface area contributed by atoms with Crippen LogP contribution < -0.4 is 10.6 Å². The number of aromatic nitrogens is 2. The highest BCUT2D eigenvalue weighted by Crippen LogP contribution is 2.43. The molecule has 5 heteroatoms. The smallest absolute Gasteiger partial charge is 0.320 e. The maximum atomic E-state index is 11.9. The van der Waals surface area contributed by atoms with Gasteiger partial charge < -0.3 is 5.32 Å². The van der Waals surface area contributed by atoms with Gasteiger partial charge in [0.15, 0.2) is 5.82 Å². The molecule has 1 saturated carbocycles. The van der Waals surface area contributed by atoms with Gasteiger partial charge in [0.05, 0.1) is 6.20 Å². The number of rotatable bonds is 4. The standard InChI is InChI=1S/C16H18N4O/c21-15(20-14-11-17-9-10-18-14)19-12-16(7-4-8-16)13-5-2-1-3-6-13/h1-3,5-6,9-11H,4,7-8,12H2,(H2,18,19,20,21). The first-order valence-electron chi connectivity index (χ1n) is 7.15. The summed E-state index contributed by atoms with van der Waals surface area (Å²) in [7, 11) is 0. The fraction of sp³-hybridized carbons (Fsp3) is 0.312. The van der Waals surface area contributed by atoms with Crippen LogP contribution in [0.15, 0.2) is 48.9 Å². The van der Waals surface area contributed by atoms with Gasteiger partial charge in [0.2, 0.25) is 0 Å². The molecule has 108 valence electrons. The molecule has 0 radical (unpaired) electrons. The maximum absolute atomic E-state index is 11.9. The fourth-order valence-electron chi connectivity index (χ4n) is 2.74. The van der Waals surface area contributed by atoms with Crippen LogP contribution in [0.1, 0.15) is 24.8 Å². The largest absolute Gasteiger partial charge is 0.337 e. The highest BCUT2D eigenvalue weighted by Gasteiger charge is 2.38. The molecule has 1 fully saturated rings. The molecule has 1 aromatic heterocycles. The van der Waals surface area contributed by atoms with Crippen LogP contribution in [0.2, 0.25) is 0 Å². The summed E-state index contributed by atoms with van der Waals surface area (Å²) in [5.74, 6) is 0.456. The normalized spacial score (nSPS) is 15.8. The quantitative estimate of drug-likeness (QED) is 0.906. The molecule has 1 aliphatic carbocycles. The summed E-state index contributed by atoms with van der Waals surface area (Å²) >= 11 is 0. The zero-order valence-electron chi connectivity index (χ0n) is 11.7. The van der Waals surface area contributed by atoms with Gasteiger partial charge in [-0.1, -0.05) is 36.8 Å². The van der Waals surface area contributed by atoms with Crippen LogP contribution in [-0.2, 0) is 5.41 Å². The number of amides is 2. The summed E-state index contributed by atoms with van der Waals surface area (Å²) < 4.78 is 0. The van der Waals surface area contributed by atoms with Crippen LogP contribution >= 0.6 is 0 Å². The number of nitrogens with zero attached hydrogens (tertiary/aromatic N) is 2. The minimum atomic E-state index is -0.238. The lowest BCUT2D eigenvalue weighted by Crippen LogP contribution is -2.46. The SMILES string of the molecule is O=C(NCC1(c2ccccc2)CCC1)Nc1cnccn1. The zero-order valence-corrected chi connectivity index (χ0v) is 11.7. The summed E-state index contributed by atoms with van der Waals surface area (Å²) in [5.41, 5.74) is 1.39. The number of urea groups is 1. The van der Waals surface area contributed by atoms with Gasteiger partial charge in [-0.05, 0) is 18.4 Å². The summed E-state index contributed by atoms with van der Waals surface area (Å²) in [6.07, 6.45) is 8.08. The van der Waals surface area contributed by atoms with Crippen molar-refractivity contribution in [1.82, 2.24) is 15.3 Å². The van der Waals surface area contributed by atoms with Crippen LogP contribution in [-0.4, -0.2) is 22.5 Å². The molecule has 0 bridgehead atoms. The highest BCUT2D eigenvalue weighted by molar-refractivity contribution is 5.88. The van der Waals surface area contributed by atoms with E-state index < -0.39 is 0 Å². The van der Waals surface area contributed by atoms with Gasteiger partial charge in [-0.25, -0.2) is 9.78 Å². The van der Waals surface area contributed by atoms with Crippen molar-refractivity contribution in [2.24, 2.45) is 0 Å². The fourth-order valence-corrected chi connectivity index (χ4v) is 2.74. The average Bonchev–Trinajstić information content (AvgIpc) is 2.48. The minimum absolute atomic E-state index is 0.0843. The second kappa shape index (κ2) is 5.91. The van der Waals surface area contributed by atoms with Crippen molar-refractivity contribution >= 4 is 11.8 Å². The Hall–Kier alpha value is -2.43. The second-order valence-corrected chi connectivity index (χ2v) is 5.40. The predicted octanol–water partition coefficient (Wildman–Crippen LogP) is 2.72. The van der Waals surface area contributed by atoms with Crippen LogP contribution in [0.25, 0.3) is 0 Å². The summed E-state index contributed by atoms with van der Waals surface area (Å²) in [5, 5.41) is 5.65. The third-order valence-electron chi connectivity index (χ3n) is 4.09. The van der Waals surface area contributed by atoms with Crippen molar-refractivity contribution < 1.29 is 4.79 Å². The Kier molecular flexibility index (Phi) is 3.81. The molecule has 0 atom stereocenters. The van der Waals surface area contributed by atoms with E-state index in [0.29, 0.717) is 12.4 Å². The van der Waals surface area contributed by atoms with Crippen LogP contribution in [0, 0.1) is 0 Å². The number of hydrogen-bond donors (Lipinski definition) is 2. The van der Waals surface area contributed by atoms with Crippen LogP contribution in [0.4, 0.5) is 10.6 Å². The van der Waals surface area contributed by atoms with Gasteiger partial charge >= 0.3 is 6.03 Å². The van der Waals surface area contributed by atoms with E-state index in [1.165, 1.54) is 18.2 Å². The van der Waals surface area contributed by atoms with Crippen molar-refractivity contribution in [3.8, 4) is 0 Å². The molecule has 0 spiro atoms. The first kappa shape index (κ1) is 13.5. The monoisotopic (exact) mass is 282 g/mol. The molecule has 1 aliphatic rings. The molecule has 0 aliphatic heterocycles. The molecule has 2 aromatic rings. The van der Waals surface area contributed by atoms with E-state index in [2.05, 4.69) is 44.9 Å². The van der Waals surface area contributed by atoms with Crippen molar-refractivity contribution in [2.45, 2.75) is 24.7 Å². The van der Waals surface area contributed by atoms with E-state index in [-0.39, 0.29) is 11.4 Å². The first-order valence-corrected chi connectivity index (χ1v) is 7.15. The lowest BCUT2D eigenvalue weighted by Gasteiger charge is -2.42. The van der Waals surface area contributed by atoms with Crippen molar-refractivity contribution in [3.05, 3.63) is 54.5 Å². The first-order chi connectivity index (χ1) is 10.3. The molecule has 1 aromatic carbocycles. The zero-order chi connectivity index (χ0) is 14.5. The van der Waals surface area contributed by atoms with Crippen molar-refractivity contribution in [3.63, 3.8) is 0 Å². The number of benzene rings is 1.